The molecule has 0 saturated carbocycles. The lowest BCUT2D eigenvalue weighted by Crippen LogP contribution is -2.13. The van der Waals surface area contributed by atoms with E-state index in [0.29, 0.717) is 0 Å². The molecule has 0 aliphatic carbocycles. The highest BCUT2D eigenvalue weighted by Crippen LogP contribution is 2.13. The van der Waals surface area contributed by atoms with Crippen molar-refractivity contribution >= 4 is 11.8 Å². The van der Waals surface area contributed by atoms with Gasteiger partial charge in [-0.3, -0.25) is 4.79 Å². The van der Waals surface area contributed by atoms with E-state index in [2.05, 4.69) is 0 Å². The number of Topliss-reactive ketones (excluding diaryl/α,β-unsaturated/α-hetero) is 1. The topological polar surface area (TPSA) is 54.4 Å². The first-order chi connectivity index (χ1) is 7.54. The summed E-state index contributed by atoms with van der Waals surface area (Å²) in [5.74, 6) is -1.38. The molecule has 3 nitrogen and oxygen atoms in total. The normalized spacial score (nSPS) is 9.31. The molecule has 0 amide bonds. The van der Waals surface area contributed by atoms with Crippen LogP contribution < -0.4 is 0 Å². The van der Waals surface area contributed by atoms with Crippen molar-refractivity contribution in [3.8, 4) is 0 Å². The van der Waals surface area contributed by atoms with Gasteiger partial charge < -0.3 is 5.11 Å². The molecule has 0 unspecified atom stereocenters. The number of benzene rings is 1. The lowest BCUT2D eigenvalue weighted by Gasteiger charge is -2.06. The summed E-state index contributed by atoms with van der Waals surface area (Å²) in [6.45, 7) is 7.50. The summed E-state index contributed by atoms with van der Waals surface area (Å²) in [5.41, 5.74) is 0.362. The lowest BCUT2D eigenvalue weighted by molar-refractivity contribution is 0.0691. The first kappa shape index (κ1) is 14.4. The molecule has 3 heteroatoms. The van der Waals surface area contributed by atoms with Crippen molar-refractivity contribution in [2.45, 2.75) is 27.7 Å². The van der Waals surface area contributed by atoms with Gasteiger partial charge in [0.1, 0.15) is 0 Å². The molecule has 0 spiro atoms. The highest BCUT2D eigenvalue weighted by atomic mass is 16.4. The zero-order valence-corrected chi connectivity index (χ0v) is 10.2. The number of carbonyl (C=O) groups excluding carboxylic acids is 1. The van der Waals surface area contributed by atoms with Crippen LogP contribution in [0, 0.1) is 5.92 Å². The number of hydrogen-bond donors (Lipinski definition) is 1. The van der Waals surface area contributed by atoms with Gasteiger partial charge in [-0.25, -0.2) is 4.79 Å². The fourth-order valence-electron chi connectivity index (χ4n) is 1.20. The third kappa shape index (κ3) is 3.50. The zero-order valence-electron chi connectivity index (χ0n) is 10.2. The van der Waals surface area contributed by atoms with E-state index in [1.54, 1.807) is 32.0 Å². The monoisotopic (exact) mass is 222 g/mol. The summed E-state index contributed by atoms with van der Waals surface area (Å²) in [6.07, 6.45) is 0. The molecule has 1 N–H and O–H groups in total. The average molecular weight is 222 g/mol. The summed E-state index contributed by atoms with van der Waals surface area (Å²) in [4.78, 5) is 22.4. The maximum atomic E-state index is 11.6. The van der Waals surface area contributed by atoms with Crippen LogP contribution in [0.4, 0.5) is 0 Å². The van der Waals surface area contributed by atoms with Crippen LogP contribution in [0.3, 0.4) is 0 Å². The minimum Gasteiger partial charge on any atom is -0.478 e. The minimum absolute atomic E-state index is 0.0752. The molecular weight excluding hydrogens is 204 g/mol. The van der Waals surface area contributed by atoms with Crippen LogP contribution >= 0.6 is 0 Å². The summed E-state index contributed by atoms with van der Waals surface area (Å²) in [7, 11) is 0. The molecule has 0 radical (unpaired) electrons. The predicted molar refractivity (Wildman–Crippen MR) is 63.9 cm³/mol. The molecular formula is C13H18O3. The maximum absolute atomic E-state index is 11.6. The summed E-state index contributed by atoms with van der Waals surface area (Å²) >= 11 is 0. The van der Waals surface area contributed by atoms with Crippen LogP contribution in [0.1, 0.15) is 48.4 Å². The Morgan fingerprint density at radius 3 is 1.88 bits per heavy atom. The fourth-order valence-corrected chi connectivity index (χ4v) is 1.20. The number of carboxylic acid groups (broad SMARTS) is 1. The van der Waals surface area contributed by atoms with Gasteiger partial charge in [0.25, 0.3) is 0 Å². The molecule has 1 aromatic carbocycles. The summed E-state index contributed by atoms with van der Waals surface area (Å²) in [5, 5.41) is 8.84. The fraction of sp³-hybridized carbons (Fsp3) is 0.385. The van der Waals surface area contributed by atoms with Crippen LogP contribution in [-0.2, 0) is 0 Å². The molecule has 0 aromatic heterocycles. The van der Waals surface area contributed by atoms with E-state index >= 15 is 0 Å². The molecule has 0 fully saturated rings. The largest absolute Gasteiger partial charge is 0.478 e. The number of carboxylic acids is 1. The number of ketones is 1. The average Bonchev–Trinajstić information content (AvgIpc) is 2.30. The van der Waals surface area contributed by atoms with E-state index in [-0.39, 0.29) is 22.8 Å². The third-order valence-electron chi connectivity index (χ3n) is 1.95. The molecule has 0 heterocycles. The van der Waals surface area contributed by atoms with Crippen molar-refractivity contribution in [2.24, 2.45) is 5.92 Å². The predicted octanol–water partition coefficient (Wildman–Crippen LogP) is 3.25. The summed E-state index contributed by atoms with van der Waals surface area (Å²) < 4.78 is 0. The number of rotatable bonds is 3. The Balaban J connectivity index is 0.00000106. The Morgan fingerprint density at radius 2 is 1.50 bits per heavy atom. The molecule has 1 aromatic rings. The number of aromatic carboxylic acids is 1. The second-order valence-corrected chi connectivity index (χ2v) is 3.37. The van der Waals surface area contributed by atoms with E-state index in [1.807, 2.05) is 13.8 Å². The number of hydrogen-bond acceptors (Lipinski definition) is 2. The van der Waals surface area contributed by atoms with Crippen molar-refractivity contribution in [2.75, 3.05) is 0 Å². The molecule has 0 bridgehead atoms. The Labute approximate surface area is 96.1 Å². The van der Waals surface area contributed by atoms with Crippen molar-refractivity contribution in [1.82, 2.24) is 0 Å². The highest BCUT2D eigenvalue weighted by molar-refractivity contribution is 6.06. The van der Waals surface area contributed by atoms with Gasteiger partial charge in [0, 0.05) is 11.5 Å². The molecule has 0 aliphatic rings. The van der Waals surface area contributed by atoms with Gasteiger partial charge in [-0.05, 0) is 6.07 Å². The van der Waals surface area contributed by atoms with Gasteiger partial charge in [0.15, 0.2) is 5.78 Å². The molecule has 88 valence electrons. The molecule has 1 rings (SSSR count). The van der Waals surface area contributed by atoms with E-state index in [1.165, 1.54) is 6.07 Å². The Hall–Kier alpha value is -1.64. The maximum Gasteiger partial charge on any atom is 0.336 e. The van der Waals surface area contributed by atoms with Crippen molar-refractivity contribution in [1.29, 1.82) is 0 Å². The van der Waals surface area contributed by atoms with E-state index in [9.17, 15) is 9.59 Å². The van der Waals surface area contributed by atoms with E-state index in [0.717, 1.165) is 0 Å². The molecule has 0 atom stereocenters. The minimum atomic E-state index is -1.06. The third-order valence-corrected chi connectivity index (χ3v) is 1.95. The molecule has 0 saturated heterocycles. The van der Waals surface area contributed by atoms with Crippen molar-refractivity contribution < 1.29 is 14.7 Å². The zero-order chi connectivity index (χ0) is 12.7. The Kier molecular flexibility index (Phi) is 6.08. The SMILES string of the molecule is CC.CC(C)C(=O)c1ccccc1C(=O)O. The van der Waals surface area contributed by atoms with Gasteiger partial charge >= 0.3 is 5.97 Å². The van der Waals surface area contributed by atoms with Crippen LogP contribution in [0.15, 0.2) is 24.3 Å². The van der Waals surface area contributed by atoms with Crippen molar-refractivity contribution in [3.63, 3.8) is 0 Å². The quantitative estimate of drug-likeness (QED) is 0.799. The van der Waals surface area contributed by atoms with Gasteiger partial charge in [0.2, 0.25) is 0 Å². The van der Waals surface area contributed by atoms with E-state index < -0.39 is 5.97 Å². The molecule has 0 aliphatic heterocycles. The van der Waals surface area contributed by atoms with Crippen LogP contribution in [0.25, 0.3) is 0 Å². The smallest absolute Gasteiger partial charge is 0.336 e. The second kappa shape index (κ2) is 6.77. The van der Waals surface area contributed by atoms with Gasteiger partial charge in [0.05, 0.1) is 5.56 Å². The van der Waals surface area contributed by atoms with Crippen LogP contribution in [-0.4, -0.2) is 16.9 Å². The van der Waals surface area contributed by atoms with Crippen molar-refractivity contribution in [3.05, 3.63) is 35.4 Å². The summed E-state index contributed by atoms with van der Waals surface area (Å²) in [6, 6.07) is 6.27. The van der Waals surface area contributed by atoms with E-state index in [4.69, 9.17) is 5.11 Å². The standard InChI is InChI=1S/C11H12O3.C2H6/c1-7(2)10(12)8-5-3-4-6-9(8)11(13)14;1-2/h3-7H,1-2H3,(H,13,14);1-2H3. The first-order valence-electron chi connectivity index (χ1n) is 5.40. The second-order valence-electron chi connectivity index (χ2n) is 3.37. The lowest BCUT2D eigenvalue weighted by atomic mass is 9.96. The van der Waals surface area contributed by atoms with Crippen LogP contribution in [0.2, 0.25) is 0 Å². The number of carbonyl (C=O) groups is 2. The van der Waals surface area contributed by atoms with Crippen LogP contribution in [0.5, 0.6) is 0 Å². The Morgan fingerprint density at radius 1 is 1.06 bits per heavy atom. The first-order valence-corrected chi connectivity index (χ1v) is 5.40. The van der Waals surface area contributed by atoms with Gasteiger partial charge in [-0.15, -0.1) is 0 Å². The highest BCUT2D eigenvalue weighted by Gasteiger charge is 2.17. The Bertz CT molecular complexity index is 367. The van der Waals surface area contributed by atoms with Gasteiger partial charge in [-0.2, -0.15) is 0 Å². The van der Waals surface area contributed by atoms with Gasteiger partial charge in [-0.1, -0.05) is 45.9 Å². The molecule has 16 heavy (non-hydrogen) atoms.